The molecule has 4 aromatic rings. The molecule has 0 bridgehead atoms. The van der Waals surface area contributed by atoms with Crippen LogP contribution in [-0.2, 0) is 17.8 Å². The summed E-state index contributed by atoms with van der Waals surface area (Å²) in [5, 5.41) is 1.18. The van der Waals surface area contributed by atoms with Crippen molar-refractivity contribution in [3.63, 3.8) is 0 Å². The molecule has 2 aromatic carbocycles. The number of imidazole rings is 1. The zero-order valence-electron chi connectivity index (χ0n) is 21.9. The minimum Gasteiger partial charge on any atom is -0.494 e. The largest absolute Gasteiger partial charge is 0.494 e. The Bertz CT molecular complexity index is 1490. The fraction of sp³-hybridized carbons (Fsp3) is 0.448. The van der Waals surface area contributed by atoms with Gasteiger partial charge < -0.3 is 18.6 Å². The predicted molar refractivity (Wildman–Crippen MR) is 151 cm³/mol. The van der Waals surface area contributed by atoms with E-state index in [9.17, 15) is 13.9 Å². The third-order valence-electron chi connectivity index (χ3n) is 8.09. The molecule has 2 N–H and O–H groups in total. The number of para-hydroxylation sites is 1. The number of ether oxygens (including phenoxy) is 2. The van der Waals surface area contributed by atoms with E-state index in [1.54, 1.807) is 19.2 Å². The molecule has 6 rings (SSSR count). The summed E-state index contributed by atoms with van der Waals surface area (Å²) in [6.07, 6.45) is 5.03. The maximum absolute atomic E-state index is 12.4. The van der Waals surface area contributed by atoms with Crippen LogP contribution in [0.1, 0.15) is 42.5 Å². The number of carbonyl (C=O) groups excluding carboxylic acids is 1. The van der Waals surface area contributed by atoms with Crippen molar-refractivity contribution in [3.8, 4) is 17.3 Å². The number of fused-ring (bicyclic) bond motifs is 2. The Morgan fingerprint density at radius 3 is 2.50 bits per heavy atom. The molecule has 0 spiro atoms. The molecule has 2 fully saturated rings. The summed E-state index contributed by atoms with van der Waals surface area (Å²) in [5.74, 6) is 3.09. The van der Waals surface area contributed by atoms with E-state index >= 15 is 0 Å². The molecule has 38 heavy (non-hydrogen) atoms. The SMILES string of the molecule is COC(=O)c1cc(OC)c2c(c1)nc(-c1cc3ccccc3n1CC1CC1)n2CCC1CCS(O)(O)CC1. The standard InChI is InChI=1S/C29H35N3O5S/c1-36-26-17-22(29(33)37-2)15-23-27(26)31(12-9-19-10-13-38(34,35)14-11-19)28(30-23)25-16-21-5-3-4-6-24(21)32(25)18-20-7-8-20/h3-6,15-17,19-20,34-35H,7-14,18H2,1-2H3. The van der Waals surface area contributed by atoms with Gasteiger partial charge in [-0.05, 0) is 68.2 Å². The van der Waals surface area contributed by atoms with Crippen molar-refractivity contribution in [3.05, 3.63) is 48.0 Å². The van der Waals surface area contributed by atoms with Gasteiger partial charge in [0, 0.05) is 35.5 Å². The quantitative estimate of drug-likeness (QED) is 0.252. The molecule has 0 unspecified atom stereocenters. The molecule has 2 aromatic heterocycles. The topological polar surface area (TPSA) is 98.7 Å². The summed E-state index contributed by atoms with van der Waals surface area (Å²) in [7, 11) is 0.576. The summed E-state index contributed by atoms with van der Waals surface area (Å²) < 4.78 is 35.6. The summed E-state index contributed by atoms with van der Waals surface area (Å²) in [6.45, 7) is 1.67. The smallest absolute Gasteiger partial charge is 0.338 e. The molecule has 1 aliphatic carbocycles. The van der Waals surface area contributed by atoms with Gasteiger partial charge in [-0.3, -0.25) is 9.11 Å². The number of methoxy groups -OCH3 is 2. The van der Waals surface area contributed by atoms with Gasteiger partial charge in [-0.25, -0.2) is 9.78 Å². The lowest BCUT2D eigenvalue weighted by Gasteiger charge is -2.39. The Balaban J connectivity index is 1.48. The number of rotatable bonds is 8. The summed E-state index contributed by atoms with van der Waals surface area (Å²) in [6, 6.07) is 14.2. The Morgan fingerprint density at radius 1 is 1.03 bits per heavy atom. The van der Waals surface area contributed by atoms with Crippen LogP contribution in [0.15, 0.2) is 42.5 Å². The molecule has 2 aliphatic rings. The van der Waals surface area contributed by atoms with E-state index in [-0.39, 0.29) is 0 Å². The van der Waals surface area contributed by atoms with Crippen molar-refractivity contribution in [2.75, 3.05) is 25.7 Å². The second kappa shape index (κ2) is 9.94. The van der Waals surface area contributed by atoms with Crippen LogP contribution in [0.4, 0.5) is 0 Å². The first kappa shape index (κ1) is 25.3. The van der Waals surface area contributed by atoms with E-state index in [0.29, 0.717) is 46.7 Å². The monoisotopic (exact) mass is 537 g/mol. The minimum atomic E-state index is -2.41. The lowest BCUT2D eigenvalue weighted by molar-refractivity contribution is 0.0600. The van der Waals surface area contributed by atoms with Gasteiger partial charge in [0.25, 0.3) is 0 Å². The van der Waals surface area contributed by atoms with E-state index in [1.165, 1.54) is 30.9 Å². The second-order valence-electron chi connectivity index (χ2n) is 10.7. The van der Waals surface area contributed by atoms with Crippen LogP contribution in [0.3, 0.4) is 0 Å². The van der Waals surface area contributed by atoms with Gasteiger partial charge >= 0.3 is 5.97 Å². The van der Waals surface area contributed by atoms with Crippen molar-refractivity contribution in [2.45, 2.75) is 45.2 Å². The summed E-state index contributed by atoms with van der Waals surface area (Å²) >= 11 is 0. The maximum atomic E-state index is 12.4. The van der Waals surface area contributed by atoms with Crippen LogP contribution in [0.25, 0.3) is 33.5 Å². The highest BCUT2D eigenvalue weighted by molar-refractivity contribution is 8.24. The van der Waals surface area contributed by atoms with Gasteiger partial charge in [0.15, 0.2) is 5.82 Å². The Labute approximate surface area is 223 Å². The molecule has 1 aliphatic heterocycles. The van der Waals surface area contributed by atoms with Crippen molar-refractivity contribution in [1.82, 2.24) is 14.1 Å². The van der Waals surface area contributed by atoms with E-state index < -0.39 is 16.6 Å². The highest BCUT2D eigenvalue weighted by atomic mass is 32.3. The molecule has 3 heterocycles. The van der Waals surface area contributed by atoms with Crippen LogP contribution in [-0.4, -0.2) is 54.9 Å². The Hall–Kier alpha value is -3.01. The Kier molecular flexibility index (Phi) is 6.62. The van der Waals surface area contributed by atoms with Gasteiger partial charge in [-0.2, -0.15) is 10.6 Å². The van der Waals surface area contributed by atoms with Gasteiger partial charge in [-0.1, -0.05) is 18.2 Å². The zero-order valence-corrected chi connectivity index (χ0v) is 22.7. The zero-order chi connectivity index (χ0) is 26.4. The molecule has 9 heteroatoms. The van der Waals surface area contributed by atoms with Crippen LogP contribution in [0.5, 0.6) is 5.75 Å². The van der Waals surface area contributed by atoms with Gasteiger partial charge in [0.05, 0.1) is 31.0 Å². The lowest BCUT2D eigenvalue weighted by atomic mass is 9.99. The van der Waals surface area contributed by atoms with E-state index in [0.717, 1.165) is 42.8 Å². The van der Waals surface area contributed by atoms with Crippen molar-refractivity contribution in [1.29, 1.82) is 0 Å². The number of hydrogen-bond donors (Lipinski definition) is 2. The van der Waals surface area contributed by atoms with Gasteiger partial charge in [0.2, 0.25) is 0 Å². The summed E-state index contributed by atoms with van der Waals surface area (Å²) in [5.41, 5.74) is 4.23. The molecular weight excluding hydrogens is 502 g/mol. The average Bonchev–Trinajstić information content (AvgIpc) is 3.57. The highest BCUT2D eigenvalue weighted by Gasteiger charge is 2.28. The van der Waals surface area contributed by atoms with Crippen molar-refractivity contribution in [2.24, 2.45) is 11.8 Å². The van der Waals surface area contributed by atoms with E-state index in [2.05, 4.69) is 39.5 Å². The fourth-order valence-corrected chi connectivity index (χ4v) is 7.37. The van der Waals surface area contributed by atoms with Crippen LogP contribution in [0.2, 0.25) is 0 Å². The highest BCUT2D eigenvalue weighted by Crippen LogP contribution is 2.47. The first-order chi connectivity index (χ1) is 18.4. The number of esters is 1. The number of aromatic nitrogens is 3. The molecule has 0 atom stereocenters. The molecule has 202 valence electrons. The summed E-state index contributed by atoms with van der Waals surface area (Å²) in [4.78, 5) is 17.5. The third kappa shape index (κ3) is 4.79. The van der Waals surface area contributed by atoms with Crippen LogP contribution >= 0.6 is 10.6 Å². The van der Waals surface area contributed by atoms with Gasteiger partial charge in [0.1, 0.15) is 11.3 Å². The molecule has 8 nitrogen and oxygen atoms in total. The first-order valence-electron chi connectivity index (χ1n) is 13.4. The average molecular weight is 538 g/mol. The number of aryl methyl sites for hydroxylation is 1. The lowest BCUT2D eigenvalue weighted by Crippen LogP contribution is -2.21. The molecule has 1 saturated heterocycles. The first-order valence-corrected chi connectivity index (χ1v) is 15.2. The molecule has 1 saturated carbocycles. The molecule has 0 radical (unpaired) electrons. The van der Waals surface area contributed by atoms with Crippen LogP contribution < -0.4 is 4.74 Å². The maximum Gasteiger partial charge on any atom is 0.338 e. The number of hydrogen-bond acceptors (Lipinski definition) is 6. The number of carbonyl (C=O) groups is 1. The van der Waals surface area contributed by atoms with Crippen LogP contribution in [0, 0.1) is 11.8 Å². The normalized spacial score (nSPS) is 18.6. The number of benzene rings is 2. The number of nitrogens with zero attached hydrogens (tertiary/aromatic N) is 3. The molecule has 0 amide bonds. The Morgan fingerprint density at radius 2 is 1.79 bits per heavy atom. The minimum absolute atomic E-state index is 0.407. The predicted octanol–water partition coefficient (Wildman–Crippen LogP) is 6.41. The van der Waals surface area contributed by atoms with Crippen molar-refractivity contribution < 1.29 is 23.4 Å². The third-order valence-corrected chi connectivity index (χ3v) is 9.87. The molecular formula is C29H35N3O5S. The van der Waals surface area contributed by atoms with Crippen molar-refractivity contribution >= 4 is 38.5 Å². The fourth-order valence-electron chi connectivity index (χ4n) is 5.74. The second-order valence-corrected chi connectivity index (χ2v) is 13.1. The van der Waals surface area contributed by atoms with Gasteiger partial charge in [-0.15, -0.1) is 0 Å². The van der Waals surface area contributed by atoms with E-state index in [1.807, 2.05) is 0 Å². The van der Waals surface area contributed by atoms with E-state index in [4.69, 9.17) is 14.5 Å².